The summed E-state index contributed by atoms with van der Waals surface area (Å²) in [5.41, 5.74) is 1.48. The molecule has 1 N–H and O–H groups in total. The summed E-state index contributed by atoms with van der Waals surface area (Å²) in [7, 11) is 0. The molecule has 1 aliphatic rings. The molecule has 1 saturated carbocycles. The molecule has 0 atom stereocenters. The Balaban J connectivity index is 2.32. The number of hydrogen-bond acceptors (Lipinski definition) is 2. The molecule has 1 fully saturated rings. The van der Waals surface area contributed by atoms with Crippen LogP contribution in [0.5, 0.6) is 0 Å². The molecule has 0 heterocycles. The standard InChI is InChI=1S/C14H19NO2/c1-3-15(4-2)12-7-5-6-11(10-12)14(8-9-14)13(16)17/h5-7,10H,3-4,8-9H2,1-2H3,(H,16,17). The lowest BCUT2D eigenvalue weighted by Crippen LogP contribution is -2.23. The topological polar surface area (TPSA) is 40.5 Å². The highest BCUT2D eigenvalue weighted by atomic mass is 16.4. The fourth-order valence-electron chi connectivity index (χ4n) is 2.34. The number of rotatable bonds is 5. The predicted molar refractivity (Wildman–Crippen MR) is 68.6 cm³/mol. The molecule has 1 aromatic carbocycles. The molecule has 1 aliphatic carbocycles. The van der Waals surface area contributed by atoms with E-state index in [0.717, 1.165) is 37.2 Å². The molecule has 0 saturated heterocycles. The Bertz CT molecular complexity index is 420. The first-order chi connectivity index (χ1) is 8.14. The van der Waals surface area contributed by atoms with E-state index in [4.69, 9.17) is 0 Å². The van der Waals surface area contributed by atoms with Gasteiger partial charge in [-0.3, -0.25) is 4.79 Å². The highest BCUT2D eigenvalue weighted by Crippen LogP contribution is 2.49. The summed E-state index contributed by atoms with van der Waals surface area (Å²) in [5.74, 6) is -0.686. The molecule has 0 unspecified atom stereocenters. The van der Waals surface area contributed by atoms with Crippen molar-refractivity contribution in [2.24, 2.45) is 0 Å². The van der Waals surface area contributed by atoms with Gasteiger partial charge in [0.05, 0.1) is 5.41 Å². The summed E-state index contributed by atoms with van der Waals surface area (Å²) in [4.78, 5) is 13.5. The minimum absolute atomic E-state index is 0.594. The van der Waals surface area contributed by atoms with E-state index >= 15 is 0 Å². The Morgan fingerprint density at radius 3 is 2.47 bits per heavy atom. The Kier molecular flexibility index (Phi) is 3.09. The van der Waals surface area contributed by atoms with Gasteiger partial charge in [-0.25, -0.2) is 0 Å². The van der Waals surface area contributed by atoms with Crippen LogP contribution in [0.3, 0.4) is 0 Å². The third kappa shape index (κ3) is 2.02. The number of benzene rings is 1. The minimum Gasteiger partial charge on any atom is -0.481 e. The number of carboxylic acids is 1. The first-order valence-corrected chi connectivity index (χ1v) is 6.23. The molecule has 1 aromatic rings. The highest BCUT2D eigenvalue weighted by molar-refractivity contribution is 5.85. The monoisotopic (exact) mass is 233 g/mol. The molecule has 2 rings (SSSR count). The molecular formula is C14H19NO2. The summed E-state index contributed by atoms with van der Waals surface area (Å²) in [5, 5.41) is 9.29. The van der Waals surface area contributed by atoms with Crippen molar-refractivity contribution < 1.29 is 9.90 Å². The van der Waals surface area contributed by atoms with Crippen molar-refractivity contribution in [1.29, 1.82) is 0 Å². The highest BCUT2D eigenvalue weighted by Gasteiger charge is 2.51. The van der Waals surface area contributed by atoms with Gasteiger partial charge in [0.15, 0.2) is 0 Å². The molecule has 17 heavy (non-hydrogen) atoms. The fourth-order valence-corrected chi connectivity index (χ4v) is 2.34. The van der Waals surface area contributed by atoms with E-state index in [1.165, 1.54) is 0 Å². The van der Waals surface area contributed by atoms with Crippen LogP contribution in [0.1, 0.15) is 32.3 Å². The normalized spacial score (nSPS) is 16.6. The molecule has 0 aliphatic heterocycles. The second-order valence-corrected chi connectivity index (χ2v) is 4.61. The maximum Gasteiger partial charge on any atom is 0.314 e. The van der Waals surface area contributed by atoms with Crippen molar-refractivity contribution >= 4 is 11.7 Å². The zero-order chi connectivity index (χ0) is 12.5. The number of anilines is 1. The number of carboxylic acid groups (broad SMARTS) is 1. The van der Waals surface area contributed by atoms with Crippen LogP contribution in [0, 0.1) is 0 Å². The van der Waals surface area contributed by atoms with E-state index in [-0.39, 0.29) is 0 Å². The molecule has 0 bridgehead atoms. The van der Waals surface area contributed by atoms with Gasteiger partial charge in [0.1, 0.15) is 0 Å². The number of aliphatic carboxylic acids is 1. The quantitative estimate of drug-likeness (QED) is 0.850. The summed E-state index contributed by atoms with van der Waals surface area (Å²) in [6.07, 6.45) is 1.54. The van der Waals surface area contributed by atoms with Gasteiger partial charge in [0, 0.05) is 18.8 Å². The van der Waals surface area contributed by atoms with E-state index in [2.05, 4.69) is 24.8 Å². The first kappa shape index (κ1) is 12.0. The summed E-state index contributed by atoms with van der Waals surface area (Å²) < 4.78 is 0. The minimum atomic E-state index is -0.686. The Labute approximate surface area is 102 Å². The van der Waals surface area contributed by atoms with Gasteiger partial charge < -0.3 is 10.0 Å². The summed E-state index contributed by atoms with van der Waals surface area (Å²) >= 11 is 0. The van der Waals surface area contributed by atoms with E-state index in [1.54, 1.807) is 0 Å². The zero-order valence-electron chi connectivity index (χ0n) is 10.4. The molecule has 0 aromatic heterocycles. The first-order valence-electron chi connectivity index (χ1n) is 6.23. The Morgan fingerprint density at radius 2 is 2.00 bits per heavy atom. The van der Waals surface area contributed by atoms with Crippen LogP contribution >= 0.6 is 0 Å². The largest absolute Gasteiger partial charge is 0.481 e. The van der Waals surface area contributed by atoms with Crippen molar-refractivity contribution in [3.05, 3.63) is 29.8 Å². The van der Waals surface area contributed by atoms with Crippen LogP contribution in [-0.2, 0) is 10.2 Å². The fraction of sp³-hybridized carbons (Fsp3) is 0.500. The molecule has 3 nitrogen and oxygen atoms in total. The third-order valence-electron chi connectivity index (χ3n) is 3.69. The average molecular weight is 233 g/mol. The van der Waals surface area contributed by atoms with Crippen LogP contribution in [0.2, 0.25) is 0 Å². The van der Waals surface area contributed by atoms with E-state index < -0.39 is 11.4 Å². The Morgan fingerprint density at radius 1 is 1.35 bits per heavy atom. The average Bonchev–Trinajstić information content (AvgIpc) is 3.12. The second-order valence-electron chi connectivity index (χ2n) is 4.61. The van der Waals surface area contributed by atoms with Gasteiger partial charge in [-0.15, -0.1) is 0 Å². The van der Waals surface area contributed by atoms with Crippen LogP contribution in [0.15, 0.2) is 24.3 Å². The van der Waals surface area contributed by atoms with Gasteiger partial charge in [-0.1, -0.05) is 12.1 Å². The third-order valence-corrected chi connectivity index (χ3v) is 3.69. The van der Waals surface area contributed by atoms with E-state index in [9.17, 15) is 9.90 Å². The van der Waals surface area contributed by atoms with Gasteiger partial charge >= 0.3 is 5.97 Å². The van der Waals surface area contributed by atoms with Crippen molar-refractivity contribution in [3.8, 4) is 0 Å². The van der Waals surface area contributed by atoms with E-state index in [0.29, 0.717) is 0 Å². The SMILES string of the molecule is CCN(CC)c1cccc(C2(C(=O)O)CC2)c1. The molecule has 0 radical (unpaired) electrons. The summed E-state index contributed by atoms with van der Waals surface area (Å²) in [6, 6.07) is 7.99. The van der Waals surface area contributed by atoms with Crippen LogP contribution in [0.4, 0.5) is 5.69 Å². The lowest BCUT2D eigenvalue weighted by molar-refractivity contribution is -0.140. The van der Waals surface area contributed by atoms with E-state index in [1.807, 2.05) is 18.2 Å². The van der Waals surface area contributed by atoms with Gasteiger partial charge in [-0.2, -0.15) is 0 Å². The number of nitrogens with zero attached hydrogens (tertiary/aromatic N) is 1. The summed E-state index contributed by atoms with van der Waals surface area (Å²) in [6.45, 7) is 6.11. The molecule has 0 spiro atoms. The van der Waals surface area contributed by atoms with Gasteiger partial charge in [0.25, 0.3) is 0 Å². The predicted octanol–water partition coefficient (Wildman–Crippen LogP) is 2.65. The second kappa shape index (κ2) is 4.40. The Hall–Kier alpha value is -1.51. The van der Waals surface area contributed by atoms with Gasteiger partial charge in [0.2, 0.25) is 0 Å². The number of carbonyl (C=O) groups is 1. The van der Waals surface area contributed by atoms with Crippen molar-refractivity contribution in [2.45, 2.75) is 32.1 Å². The van der Waals surface area contributed by atoms with Crippen molar-refractivity contribution in [2.75, 3.05) is 18.0 Å². The molecule has 92 valence electrons. The maximum absolute atomic E-state index is 11.3. The van der Waals surface area contributed by atoms with Crippen LogP contribution < -0.4 is 4.90 Å². The molecular weight excluding hydrogens is 214 g/mol. The zero-order valence-corrected chi connectivity index (χ0v) is 10.4. The number of hydrogen-bond donors (Lipinski definition) is 1. The molecule has 3 heteroatoms. The van der Waals surface area contributed by atoms with Crippen LogP contribution in [0.25, 0.3) is 0 Å². The lowest BCUT2D eigenvalue weighted by atomic mass is 9.95. The smallest absolute Gasteiger partial charge is 0.314 e. The van der Waals surface area contributed by atoms with Crippen molar-refractivity contribution in [1.82, 2.24) is 0 Å². The van der Waals surface area contributed by atoms with Crippen molar-refractivity contribution in [3.63, 3.8) is 0 Å². The lowest BCUT2D eigenvalue weighted by Gasteiger charge is -2.22. The molecule has 0 amide bonds. The van der Waals surface area contributed by atoms with Gasteiger partial charge in [-0.05, 0) is 44.4 Å². The maximum atomic E-state index is 11.3. The van der Waals surface area contributed by atoms with Crippen LogP contribution in [-0.4, -0.2) is 24.2 Å².